The molecule has 128 valence electrons. The van der Waals surface area contributed by atoms with E-state index in [0.717, 1.165) is 0 Å². The number of hydrogen-bond donors (Lipinski definition) is 1. The molecular weight excluding hydrogens is 336 g/mol. The third-order valence-electron chi connectivity index (χ3n) is 3.31. The predicted molar refractivity (Wildman–Crippen MR) is 73.0 cm³/mol. The highest BCUT2D eigenvalue weighted by Gasteiger charge is 2.26. The third-order valence-corrected chi connectivity index (χ3v) is 3.31. The molecule has 0 radical (unpaired) electrons. The van der Waals surface area contributed by atoms with Gasteiger partial charge >= 0.3 is 0 Å². The van der Waals surface area contributed by atoms with Crippen molar-refractivity contribution in [2.24, 2.45) is 0 Å². The van der Waals surface area contributed by atoms with E-state index in [-0.39, 0.29) is 13.0 Å². The molecule has 0 bridgehead atoms. The molecule has 1 amide bonds. The summed E-state index contributed by atoms with van der Waals surface area (Å²) in [5.41, 5.74) is -0.899. The van der Waals surface area contributed by atoms with Gasteiger partial charge in [0, 0.05) is 12.1 Å². The SMILES string of the molecule is O=C(Cc1c(F)c(F)c(F)c(F)c1F)NCCc1ccccc1F. The van der Waals surface area contributed by atoms with Crippen LogP contribution in [0.2, 0.25) is 0 Å². The number of benzene rings is 2. The van der Waals surface area contributed by atoms with Crippen molar-refractivity contribution in [3.8, 4) is 0 Å². The molecule has 0 unspecified atom stereocenters. The number of carbonyl (C=O) groups is 1. The number of halogens is 6. The molecule has 2 aromatic carbocycles. The van der Waals surface area contributed by atoms with E-state index in [0.29, 0.717) is 5.56 Å². The van der Waals surface area contributed by atoms with E-state index in [2.05, 4.69) is 5.32 Å². The van der Waals surface area contributed by atoms with E-state index < -0.39 is 52.8 Å². The van der Waals surface area contributed by atoms with Gasteiger partial charge in [0.25, 0.3) is 0 Å². The number of carbonyl (C=O) groups excluding carboxylic acids is 1. The minimum atomic E-state index is -2.28. The van der Waals surface area contributed by atoms with Gasteiger partial charge in [-0.05, 0) is 18.1 Å². The van der Waals surface area contributed by atoms with Gasteiger partial charge in [-0.15, -0.1) is 0 Å². The lowest BCUT2D eigenvalue weighted by Gasteiger charge is -2.09. The van der Waals surface area contributed by atoms with Crippen LogP contribution in [-0.2, 0) is 17.6 Å². The zero-order valence-corrected chi connectivity index (χ0v) is 12.1. The zero-order chi connectivity index (χ0) is 17.9. The molecule has 0 aliphatic rings. The van der Waals surface area contributed by atoms with Crippen LogP contribution < -0.4 is 5.32 Å². The summed E-state index contributed by atoms with van der Waals surface area (Å²) in [5, 5.41) is 2.24. The quantitative estimate of drug-likeness (QED) is 0.501. The lowest BCUT2D eigenvalue weighted by molar-refractivity contribution is -0.120. The fraction of sp³-hybridized carbons (Fsp3) is 0.188. The Hall–Kier alpha value is -2.51. The molecule has 0 fully saturated rings. The molecule has 0 spiro atoms. The van der Waals surface area contributed by atoms with Gasteiger partial charge in [0.1, 0.15) is 5.82 Å². The average molecular weight is 347 g/mol. The molecule has 0 aromatic heterocycles. The van der Waals surface area contributed by atoms with E-state index in [4.69, 9.17) is 0 Å². The molecule has 0 saturated carbocycles. The first kappa shape index (κ1) is 17.8. The predicted octanol–water partition coefficient (Wildman–Crippen LogP) is 3.42. The Labute approximate surface area is 133 Å². The smallest absolute Gasteiger partial charge is 0.224 e. The van der Waals surface area contributed by atoms with Gasteiger partial charge in [-0.2, -0.15) is 0 Å². The van der Waals surface area contributed by atoms with E-state index >= 15 is 0 Å². The second kappa shape index (κ2) is 7.37. The molecule has 0 heterocycles. The Kier molecular flexibility index (Phi) is 5.48. The van der Waals surface area contributed by atoms with Crippen LogP contribution in [0.25, 0.3) is 0 Å². The largest absolute Gasteiger partial charge is 0.355 e. The molecule has 2 nitrogen and oxygen atoms in total. The lowest BCUT2D eigenvalue weighted by atomic mass is 10.1. The number of rotatable bonds is 5. The van der Waals surface area contributed by atoms with Crippen molar-refractivity contribution in [3.05, 3.63) is 70.3 Å². The maximum Gasteiger partial charge on any atom is 0.224 e. The van der Waals surface area contributed by atoms with Crippen LogP contribution in [0.5, 0.6) is 0 Å². The van der Waals surface area contributed by atoms with Crippen molar-refractivity contribution < 1.29 is 31.1 Å². The fourth-order valence-electron chi connectivity index (χ4n) is 2.07. The number of amides is 1. The van der Waals surface area contributed by atoms with Gasteiger partial charge in [0.05, 0.1) is 6.42 Å². The van der Waals surface area contributed by atoms with Crippen LogP contribution in [0.15, 0.2) is 24.3 Å². The number of hydrogen-bond acceptors (Lipinski definition) is 1. The fourth-order valence-corrected chi connectivity index (χ4v) is 2.07. The van der Waals surface area contributed by atoms with Crippen LogP contribution in [0.1, 0.15) is 11.1 Å². The van der Waals surface area contributed by atoms with Crippen LogP contribution in [0.3, 0.4) is 0 Å². The van der Waals surface area contributed by atoms with Crippen molar-refractivity contribution in [1.82, 2.24) is 5.32 Å². The first-order valence-corrected chi connectivity index (χ1v) is 6.83. The first-order valence-electron chi connectivity index (χ1n) is 6.83. The van der Waals surface area contributed by atoms with Gasteiger partial charge < -0.3 is 5.32 Å². The highest BCUT2D eigenvalue weighted by atomic mass is 19.2. The Balaban J connectivity index is 2.02. The van der Waals surface area contributed by atoms with Gasteiger partial charge in [-0.25, -0.2) is 26.3 Å². The maximum atomic E-state index is 13.5. The van der Waals surface area contributed by atoms with Gasteiger partial charge in [0.15, 0.2) is 23.3 Å². The van der Waals surface area contributed by atoms with Crippen molar-refractivity contribution in [3.63, 3.8) is 0 Å². The molecule has 8 heteroatoms. The molecule has 0 saturated heterocycles. The Bertz CT molecular complexity index is 748. The summed E-state index contributed by atoms with van der Waals surface area (Å²) in [6.07, 6.45) is -0.918. The maximum absolute atomic E-state index is 13.5. The zero-order valence-electron chi connectivity index (χ0n) is 12.1. The third kappa shape index (κ3) is 3.69. The van der Waals surface area contributed by atoms with Gasteiger partial charge in [-0.1, -0.05) is 18.2 Å². The van der Waals surface area contributed by atoms with Crippen LogP contribution in [0.4, 0.5) is 26.3 Å². The van der Waals surface area contributed by atoms with Gasteiger partial charge in [0.2, 0.25) is 11.7 Å². The Morgan fingerprint density at radius 1 is 0.833 bits per heavy atom. The van der Waals surface area contributed by atoms with Crippen molar-refractivity contribution in [1.29, 1.82) is 0 Å². The Morgan fingerprint density at radius 2 is 1.38 bits per heavy atom. The summed E-state index contributed by atoms with van der Waals surface area (Å²) in [6.45, 7) is -0.0604. The summed E-state index contributed by atoms with van der Waals surface area (Å²) >= 11 is 0. The topological polar surface area (TPSA) is 29.1 Å². The lowest BCUT2D eigenvalue weighted by Crippen LogP contribution is -2.28. The second-order valence-corrected chi connectivity index (χ2v) is 4.92. The molecule has 1 N–H and O–H groups in total. The van der Waals surface area contributed by atoms with Crippen LogP contribution in [0, 0.1) is 34.9 Å². The van der Waals surface area contributed by atoms with Gasteiger partial charge in [-0.3, -0.25) is 4.79 Å². The molecule has 2 rings (SSSR count). The van der Waals surface area contributed by atoms with Crippen molar-refractivity contribution >= 4 is 5.91 Å². The average Bonchev–Trinajstić information content (AvgIpc) is 2.57. The number of nitrogens with one attached hydrogen (secondary N) is 1. The minimum absolute atomic E-state index is 0.0604. The Morgan fingerprint density at radius 3 is 1.96 bits per heavy atom. The van der Waals surface area contributed by atoms with E-state index in [1.54, 1.807) is 6.07 Å². The molecule has 24 heavy (non-hydrogen) atoms. The molecule has 0 aliphatic carbocycles. The van der Waals surface area contributed by atoms with Crippen molar-refractivity contribution in [2.75, 3.05) is 6.54 Å². The summed E-state index contributed by atoms with van der Waals surface area (Å²) < 4.78 is 79.2. The highest BCUT2D eigenvalue weighted by molar-refractivity contribution is 5.78. The van der Waals surface area contributed by atoms with E-state index in [1.807, 2.05) is 0 Å². The molecule has 0 atom stereocenters. The first-order chi connectivity index (χ1) is 11.3. The highest BCUT2D eigenvalue weighted by Crippen LogP contribution is 2.23. The second-order valence-electron chi connectivity index (χ2n) is 4.92. The minimum Gasteiger partial charge on any atom is -0.355 e. The van der Waals surface area contributed by atoms with E-state index in [1.165, 1.54) is 18.2 Å². The normalized spacial score (nSPS) is 10.8. The molecule has 2 aromatic rings. The van der Waals surface area contributed by atoms with Crippen LogP contribution in [-0.4, -0.2) is 12.5 Å². The summed E-state index contributed by atoms with van der Waals surface area (Å²) in [6, 6.07) is 5.80. The summed E-state index contributed by atoms with van der Waals surface area (Å²) in [5.74, 6) is -12.0. The van der Waals surface area contributed by atoms with Crippen LogP contribution >= 0.6 is 0 Å². The van der Waals surface area contributed by atoms with Crippen molar-refractivity contribution in [2.45, 2.75) is 12.8 Å². The molecule has 0 aliphatic heterocycles. The molecular formula is C16H11F6NO. The standard InChI is InChI=1S/C16H11F6NO/c17-10-4-2-1-3-8(10)5-6-23-11(24)7-9-12(18)14(20)16(22)15(21)13(9)19/h1-4H,5-7H2,(H,23,24). The van der Waals surface area contributed by atoms with E-state index in [9.17, 15) is 31.1 Å². The summed E-state index contributed by atoms with van der Waals surface area (Å²) in [4.78, 5) is 11.6. The summed E-state index contributed by atoms with van der Waals surface area (Å²) in [7, 11) is 0. The monoisotopic (exact) mass is 347 g/mol.